The number of thioether (sulfide) groups is 1. The molecular formula is C23H20BrFN2O2S. The van der Waals surface area contributed by atoms with Crippen LogP contribution in [0.5, 0.6) is 0 Å². The molecule has 2 amide bonds. The number of carbonyl (C=O) groups is 2. The van der Waals surface area contributed by atoms with E-state index in [9.17, 15) is 14.0 Å². The third kappa shape index (κ3) is 6.43. The highest BCUT2D eigenvalue weighted by Gasteiger charge is 2.17. The van der Waals surface area contributed by atoms with Crippen LogP contribution in [0.1, 0.15) is 12.5 Å². The summed E-state index contributed by atoms with van der Waals surface area (Å²) in [5.74, 6) is -0.919. The summed E-state index contributed by atoms with van der Waals surface area (Å²) < 4.78 is 14.5. The van der Waals surface area contributed by atoms with Gasteiger partial charge in [0, 0.05) is 15.1 Å². The van der Waals surface area contributed by atoms with Gasteiger partial charge in [-0.3, -0.25) is 9.59 Å². The van der Waals surface area contributed by atoms with Crippen LogP contribution < -0.4 is 10.6 Å². The summed E-state index contributed by atoms with van der Waals surface area (Å²) in [5.41, 5.74) is 1.73. The molecule has 1 atom stereocenters. The molecule has 3 rings (SSSR count). The van der Waals surface area contributed by atoms with E-state index in [1.807, 2.05) is 48.5 Å². The number of benzene rings is 3. The van der Waals surface area contributed by atoms with Crippen molar-refractivity contribution in [3.63, 3.8) is 0 Å². The summed E-state index contributed by atoms with van der Waals surface area (Å²) in [6.07, 6.45) is 0.287. The Hall–Kier alpha value is -2.64. The average Bonchev–Trinajstić information content (AvgIpc) is 2.71. The lowest BCUT2D eigenvalue weighted by Crippen LogP contribution is -2.23. The van der Waals surface area contributed by atoms with Gasteiger partial charge in [0.25, 0.3) is 0 Å². The minimum Gasteiger partial charge on any atom is -0.326 e. The van der Waals surface area contributed by atoms with Crippen molar-refractivity contribution in [3.05, 3.63) is 88.6 Å². The van der Waals surface area contributed by atoms with Crippen LogP contribution in [0.25, 0.3) is 0 Å². The number of anilines is 2. The molecule has 0 aliphatic heterocycles. The van der Waals surface area contributed by atoms with E-state index < -0.39 is 11.1 Å². The molecule has 2 N–H and O–H groups in total. The van der Waals surface area contributed by atoms with E-state index in [0.29, 0.717) is 10.2 Å². The molecule has 0 spiro atoms. The van der Waals surface area contributed by atoms with E-state index in [0.717, 1.165) is 10.5 Å². The standard InChI is InChI=1S/C23H20BrFN2O2S/c1-15(23(29)27-21-11-10-17(24)13-20(21)25)30-19-9-5-8-18(14-19)26-22(28)12-16-6-3-2-4-7-16/h2-11,13-15H,12H2,1H3,(H,26,28)(H,27,29). The van der Waals surface area contributed by atoms with Gasteiger partial charge in [0.2, 0.25) is 11.8 Å². The van der Waals surface area contributed by atoms with Crippen LogP contribution in [0, 0.1) is 5.82 Å². The maximum atomic E-state index is 13.9. The van der Waals surface area contributed by atoms with Crippen molar-refractivity contribution in [1.29, 1.82) is 0 Å². The summed E-state index contributed by atoms with van der Waals surface area (Å²) in [4.78, 5) is 25.5. The van der Waals surface area contributed by atoms with Gasteiger partial charge in [-0.15, -0.1) is 11.8 Å². The van der Waals surface area contributed by atoms with Crippen molar-refractivity contribution in [3.8, 4) is 0 Å². The number of hydrogen-bond donors (Lipinski definition) is 2. The maximum absolute atomic E-state index is 13.9. The quantitative estimate of drug-likeness (QED) is 0.409. The summed E-state index contributed by atoms with van der Waals surface area (Å²) in [5, 5.41) is 5.03. The third-order valence-electron chi connectivity index (χ3n) is 4.20. The zero-order valence-corrected chi connectivity index (χ0v) is 18.6. The van der Waals surface area contributed by atoms with Crippen LogP contribution >= 0.6 is 27.7 Å². The van der Waals surface area contributed by atoms with E-state index in [1.165, 1.54) is 23.9 Å². The van der Waals surface area contributed by atoms with Gasteiger partial charge in [0.05, 0.1) is 17.4 Å². The molecule has 30 heavy (non-hydrogen) atoms. The molecule has 0 saturated carbocycles. The number of carbonyl (C=O) groups excluding carboxylic acids is 2. The fraction of sp³-hybridized carbons (Fsp3) is 0.130. The van der Waals surface area contributed by atoms with Crippen molar-refractivity contribution < 1.29 is 14.0 Å². The van der Waals surface area contributed by atoms with E-state index >= 15 is 0 Å². The van der Waals surface area contributed by atoms with Crippen molar-refractivity contribution in [2.45, 2.75) is 23.5 Å². The molecule has 0 aliphatic carbocycles. The van der Waals surface area contributed by atoms with Gasteiger partial charge in [-0.2, -0.15) is 0 Å². The monoisotopic (exact) mass is 486 g/mol. The lowest BCUT2D eigenvalue weighted by Gasteiger charge is -2.13. The maximum Gasteiger partial charge on any atom is 0.237 e. The lowest BCUT2D eigenvalue weighted by molar-refractivity contribution is -0.116. The predicted molar refractivity (Wildman–Crippen MR) is 123 cm³/mol. The summed E-state index contributed by atoms with van der Waals surface area (Å²) in [7, 11) is 0. The Bertz CT molecular complexity index is 1050. The molecular weight excluding hydrogens is 467 g/mol. The number of halogens is 2. The van der Waals surface area contributed by atoms with E-state index in [1.54, 1.807) is 19.1 Å². The van der Waals surface area contributed by atoms with Crippen LogP contribution in [0.2, 0.25) is 0 Å². The molecule has 3 aromatic carbocycles. The zero-order valence-electron chi connectivity index (χ0n) is 16.2. The second-order valence-corrected chi connectivity index (χ2v) is 8.94. The van der Waals surface area contributed by atoms with Crippen LogP contribution in [-0.2, 0) is 16.0 Å². The van der Waals surface area contributed by atoms with Crippen LogP contribution in [-0.4, -0.2) is 17.1 Å². The highest BCUT2D eigenvalue weighted by molar-refractivity contribution is 9.10. The molecule has 0 aliphatic rings. The molecule has 0 saturated heterocycles. The Morgan fingerprint density at radius 3 is 2.50 bits per heavy atom. The largest absolute Gasteiger partial charge is 0.326 e. The van der Waals surface area contributed by atoms with Gasteiger partial charge in [0.15, 0.2) is 0 Å². The predicted octanol–water partition coefficient (Wildman–Crippen LogP) is 5.89. The lowest BCUT2D eigenvalue weighted by atomic mass is 10.1. The molecule has 1 unspecified atom stereocenters. The summed E-state index contributed by atoms with van der Waals surface area (Å²) in [6, 6.07) is 21.3. The Kier molecular flexibility index (Phi) is 7.65. The van der Waals surface area contributed by atoms with E-state index in [4.69, 9.17) is 0 Å². The normalized spacial score (nSPS) is 11.6. The Morgan fingerprint density at radius 2 is 1.77 bits per heavy atom. The number of rotatable bonds is 7. The van der Waals surface area contributed by atoms with Crippen molar-refractivity contribution in [2.24, 2.45) is 0 Å². The van der Waals surface area contributed by atoms with E-state index in [-0.39, 0.29) is 23.9 Å². The van der Waals surface area contributed by atoms with Gasteiger partial charge in [-0.25, -0.2) is 4.39 Å². The van der Waals surface area contributed by atoms with Crippen LogP contribution in [0.15, 0.2) is 82.2 Å². The number of hydrogen-bond acceptors (Lipinski definition) is 3. The van der Waals surface area contributed by atoms with E-state index in [2.05, 4.69) is 26.6 Å². The molecule has 0 radical (unpaired) electrons. The summed E-state index contributed by atoms with van der Waals surface area (Å²) >= 11 is 4.52. The minimum atomic E-state index is -0.502. The molecule has 0 aromatic heterocycles. The number of amides is 2. The Labute approximate surface area is 187 Å². The fourth-order valence-electron chi connectivity index (χ4n) is 2.72. The van der Waals surface area contributed by atoms with Gasteiger partial charge in [-0.1, -0.05) is 52.3 Å². The molecule has 154 valence electrons. The topological polar surface area (TPSA) is 58.2 Å². The highest BCUT2D eigenvalue weighted by Crippen LogP contribution is 2.27. The smallest absolute Gasteiger partial charge is 0.237 e. The molecule has 0 heterocycles. The first-order valence-electron chi connectivity index (χ1n) is 9.27. The van der Waals surface area contributed by atoms with Gasteiger partial charge in [-0.05, 0) is 48.9 Å². The molecule has 7 heteroatoms. The SMILES string of the molecule is CC(Sc1cccc(NC(=O)Cc2ccccc2)c1)C(=O)Nc1ccc(Br)cc1F. The first-order chi connectivity index (χ1) is 14.4. The van der Waals surface area contributed by atoms with Crippen molar-refractivity contribution in [1.82, 2.24) is 0 Å². The van der Waals surface area contributed by atoms with Crippen LogP contribution in [0.4, 0.5) is 15.8 Å². The molecule has 0 fully saturated rings. The minimum absolute atomic E-state index is 0.111. The highest BCUT2D eigenvalue weighted by atomic mass is 79.9. The fourth-order valence-corrected chi connectivity index (χ4v) is 3.98. The van der Waals surface area contributed by atoms with Crippen LogP contribution in [0.3, 0.4) is 0 Å². The summed E-state index contributed by atoms with van der Waals surface area (Å²) in [6.45, 7) is 1.75. The molecule has 0 bridgehead atoms. The van der Waals surface area contributed by atoms with Crippen molar-refractivity contribution in [2.75, 3.05) is 10.6 Å². The molecule has 4 nitrogen and oxygen atoms in total. The van der Waals surface area contributed by atoms with Gasteiger partial charge in [0.1, 0.15) is 5.82 Å². The third-order valence-corrected chi connectivity index (χ3v) is 5.78. The average molecular weight is 487 g/mol. The Morgan fingerprint density at radius 1 is 1.00 bits per heavy atom. The first kappa shape index (κ1) is 22.1. The zero-order chi connectivity index (χ0) is 21.5. The Balaban J connectivity index is 1.58. The number of nitrogens with one attached hydrogen (secondary N) is 2. The van der Waals surface area contributed by atoms with Gasteiger partial charge >= 0.3 is 0 Å². The second kappa shape index (κ2) is 10.4. The first-order valence-corrected chi connectivity index (χ1v) is 10.9. The van der Waals surface area contributed by atoms with Crippen molar-refractivity contribution >= 4 is 50.9 Å². The molecule has 3 aromatic rings. The second-order valence-electron chi connectivity index (χ2n) is 6.61. The van der Waals surface area contributed by atoms with Gasteiger partial charge < -0.3 is 10.6 Å².